The Kier molecular flexibility index (Phi) is 4.15. The van der Waals surface area contributed by atoms with Gasteiger partial charge in [-0.2, -0.15) is 5.10 Å². The van der Waals surface area contributed by atoms with Crippen molar-refractivity contribution in [3.05, 3.63) is 36.4 Å². The molecular formula is C17H22N4O2. The van der Waals surface area contributed by atoms with Crippen LogP contribution in [-0.4, -0.2) is 46.0 Å². The van der Waals surface area contributed by atoms with Crippen molar-refractivity contribution >= 4 is 0 Å². The van der Waals surface area contributed by atoms with E-state index in [2.05, 4.69) is 27.1 Å². The maximum Gasteiger partial charge on any atom is 0.161 e. The first kappa shape index (κ1) is 14.5. The van der Waals surface area contributed by atoms with Gasteiger partial charge in [-0.15, -0.1) is 0 Å². The van der Waals surface area contributed by atoms with E-state index >= 15 is 0 Å². The number of fused-ring (bicyclic) bond motifs is 1. The van der Waals surface area contributed by atoms with Crippen LogP contribution in [-0.2, 0) is 13.1 Å². The van der Waals surface area contributed by atoms with Gasteiger partial charge < -0.3 is 9.47 Å². The second-order valence-corrected chi connectivity index (χ2v) is 6.34. The summed E-state index contributed by atoms with van der Waals surface area (Å²) >= 11 is 0. The minimum absolute atomic E-state index is 0.639. The third kappa shape index (κ3) is 3.47. The van der Waals surface area contributed by atoms with E-state index in [4.69, 9.17) is 9.47 Å². The van der Waals surface area contributed by atoms with Crippen LogP contribution in [0.4, 0.5) is 0 Å². The first-order valence-corrected chi connectivity index (χ1v) is 8.30. The normalized spacial score (nSPS) is 21.3. The minimum Gasteiger partial charge on any atom is -0.486 e. The second-order valence-electron chi connectivity index (χ2n) is 6.34. The van der Waals surface area contributed by atoms with Crippen LogP contribution in [0.2, 0.25) is 0 Å². The lowest BCUT2D eigenvalue weighted by atomic mass is 9.97. The molecule has 0 N–H and O–H groups in total. The number of ether oxygens (including phenoxy) is 2. The monoisotopic (exact) mass is 314 g/mol. The maximum absolute atomic E-state index is 5.68. The first-order valence-electron chi connectivity index (χ1n) is 8.30. The number of rotatable bonds is 4. The van der Waals surface area contributed by atoms with Gasteiger partial charge in [-0.05, 0) is 43.0 Å². The average Bonchev–Trinajstić information content (AvgIpc) is 3.08. The first-order chi connectivity index (χ1) is 11.4. The van der Waals surface area contributed by atoms with E-state index in [0.29, 0.717) is 19.1 Å². The highest BCUT2D eigenvalue weighted by atomic mass is 16.6. The van der Waals surface area contributed by atoms with Crippen LogP contribution in [0, 0.1) is 5.92 Å². The summed E-state index contributed by atoms with van der Waals surface area (Å²) in [6.07, 6.45) is 5.91. The SMILES string of the molecule is c1ncn(C[C@@H]2CCCN(Cc3ccc4c(c3)OCCO4)C2)n1. The molecular weight excluding hydrogens is 292 g/mol. The fourth-order valence-corrected chi connectivity index (χ4v) is 3.48. The Morgan fingerprint density at radius 2 is 2.09 bits per heavy atom. The Morgan fingerprint density at radius 3 is 2.96 bits per heavy atom. The van der Waals surface area contributed by atoms with E-state index in [9.17, 15) is 0 Å². The Morgan fingerprint density at radius 1 is 1.17 bits per heavy atom. The average molecular weight is 314 g/mol. The zero-order valence-corrected chi connectivity index (χ0v) is 13.2. The van der Waals surface area contributed by atoms with Crippen LogP contribution in [0.3, 0.4) is 0 Å². The van der Waals surface area contributed by atoms with Gasteiger partial charge in [0.1, 0.15) is 25.9 Å². The number of likely N-dealkylation sites (tertiary alicyclic amines) is 1. The van der Waals surface area contributed by atoms with Crippen molar-refractivity contribution in [2.24, 2.45) is 5.92 Å². The molecule has 0 unspecified atom stereocenters. The van der Waals surface area contributed by atoms with Crippen molar-refractivity contribution in [3.63, 3.8) is 0 Å². The number of hydrogen-bond acceptors (Lipinski definition) is 5. The van der Waals surface area contributed by atoms with Crippen LogP contribution in [0.5, 0.6) is 11.5 Å². The van der Waals surface area contributed by atoms with Gasteiger partial charge in [0, 0.05) is 19.6 Å². The van der Waals surface area contributed by atoms with E-state index in [1.54, 1.807) is 12.7 Å². The molecule has 122 valence electrons. The minimum atomic E-state index is 0.639. The number of nitrogens with zero attached hydrogens (tertiary/aromatic N) is 4. The zero-order valence-electron chi connectivity index (χ0n) is 13.2. The molecule has 1 atom stereocenters. The lowest BCUT2D eigenvalue weighted by Gasteiger charge is -2.32. The molecule has 0 bridgehead atoms. The summed E-state index contributed by atoms with van der Waals surface area (Å²) in [5.74, 6) is 2.38. The molecule has 6 heteroatoms. The zero-order chi connectivity index (χ0) is 15.5. The highest BCUT2D eigenvalue weighted by Gasteiger charge is 2.21. The van der Waals surface area contributed by atoms with Gasteiger partial charge in [-0.1, -0.05) is 6.07 Å². The summed E-state index contributed by atoms with van der Waals surface area (Å²) in [4.78, 5) is 6.55. The molecule has 1 aromatic heterocycles. The molecule has 0 saturated carbocycles. The number of benzene rings is 1. The fourth-order valence-electron chi connectivity index (χ4n) is 3.48. The molecule has 1 aromatic carbocycles. The molecule has 1 saturated heterocycles. The Labute approximate surface area is 136 Å². The smallest absolute Gasteiger partial charge is 0.161 e. The summed E-state index contributed by atoms with van der Waals surface area (Å²) in [6, 6.07) is 6.30. The molecule has 2 aliphatic heterocycles. The van der Waals surface area contributed by atoms with E-state index in [1.165, 1.54) is 18.4 Å². The summed E-state index contributed by atoms with van der Waals surface area (Å²) in [5.41, 5.74) is 1.29. The van der Waals surface area contributed by atoms with Crippen molar-refractivity contribution in [2.45, 2.75) is 25.9 Å². The van der Waals surface area contributed by atoms with Gasteiger partial charge >= 0.3 is 0 Å². The van der Waals surface area contributed by atoms with Crippen LogP contribution < -0.4 is 9.47 Å². The topological polar surface area (TPSA) is 52.4 Å². The van der Waals surface area contributed by atoms with E-state index in [-0.39, 0.29) is 0 Å². The number of piperidine rings is 1. The van der Waals surface area contributed by atoms with Crippen molar-refractivity contribution in [2.75, 3.05) is 26.3 Å². The van der Waals surface area contributed by atoms with Crippen LogP contribution in [0.25, 0.3) is 0 Å². The number of hydrogen-bond donors (Lipinski definition) is 0. The van der Waals surface area contributed by atoms with Crippen LogP contribution in [0.1, 0.15) is 18.4 Å². The van der Waals surface area contributed by atoms with Crippen molar-refractivity contribution in [1.29, 1.82) is 0 Å². The van der Waals surface area contributed by atoms with Crippen molar-refractivity contribution < 1.29 is 9.47 Å². The van der Waals surface area contributed by atoms with Crippen molar-refractivity contribution in [1.82, 2.24) is 19.7 Å². The third-order valence-electron chi connectivity index (χ3n) is 4.53. The largest absolute Gasteiger partial charge is 0.486 e. The number of aromatic nitrogens is 3. The Hall–Kier alpha value is -2.08. The highest BCUT2D eigenvalue weighted by molar-refractivity contribution is 5.43. The standard InChI is InChI=1S/C17H22N4O2/c1-2-15(11-21-13-18-12-19-21)10-20(5-1)9-14-3-4-16-17(8-14)23-7-6-22-16/h3-4,8,12-13,15H,1-2,5-7,9-11H2/t15-/m1/s1. The van der Waals surface area contributed by atoms with Gasteiger partial charge in [0.15, 0.2) is 11.5 Å². The molecule has 1 fully saturated rings. The van der Waals surface area contributed by atoms with E-state index in [1.807, 2.05) is 10.7 Å². The molecule has 0 aliphatic carbocycles. The third-order valence-corrected chi connectivity index (χ3v) is 4.53. The maximum atomic E-state index is 5.68. The molecule has 0 radical (unpaired) electrons. The molecule has 4 rings (SSSR count). The summed E-state index contributed by atoms with van der Waals surface area (Å²) < 4.78 is 13.2. The predicted octanol–water partition coefficient (Wildman–Crippen LogP) is 1.96. The summed E-state index contributed by atoms with van der Waals surface area (Å²) in [6.45, 7) is 5.46. The molecule has 2 aromatic rings. The van der Waals surface area contributed by atoms with Gasteiger partial charge in [-0.25, -0.2) is 4.98 Å². The predicted molar refractivity (Wildman–Crippen MR) is 85.5 cm³/mol. The van der Waals surface area contributed by atoms with E-state index < -0.39 is 0 Å². The van der Waals surface area contributed by atoms with Gasteiger partial charge in [-0.3, -0.25) is 9.58 Å². The lowest BCUT2D eigenvalue weighted by Crippen LogP contribution is -2.36. The van der Waals surface area contributed by atoms with Crippen LogP contribution in [0.15, 0.2) is 30.9 Å². The molecule has 23 heavy (non-hydrogen) atoms. The molecule has 3 heterocycles. The second kappa shape index (κ2) is 6.58. The fraction of sp³-hybridized carbons (Fsp3) is 0.529. The van der Waals surface area contributed by atoms with Gasteiger partial charge in [0.25, 0.3) is 0 Å². The van der Waals surface area contributed by atoms with Gasteiger partial charge in [0.2, 0.25) is 0 Å². The van der Waals surface area contributed by atoms with Crippen LogP contribution >= 0.6 is 0 Å². The lowest BCUT2D eigenvalue weighted by molar-refractivity contribution is 0.151. The molecule has 2 aliphatic rings. The Balaban J connectivity index is 1.38. The molecule has 0 amide bonds. The van der Waals surface area contributed by atoms with E-state index in [0.717, 1.165) is 37.7 Å². The summed E-state index contributed by atoms with van der Waals surface area (Å²) in [5, 5.41) is 4.22. The molecule has 6 nitrogen and oxygen atoms in total. The molecule has 0 spiro atoms. The van der Waals surface area contributed by atoms with Crippen molar-refractivity contribution in [3.8, 4) is 11.5 Å². The van der Waals surface area contributed by atoms with Gasteiger partial charge in [0.05, 0.1) is 0 Å². The quantitative estimate of drug-likeness (QED) is 0.863. The Bertz CT molecular complexity index is 644. The highest BCUT2D eigenvalue weighted by Crippen LogP contribution is 2.31. The summed E-state index contributed by atoms with van der Waals surface area (Å²) in [7, 11) is 0.